The number of benzene rings is 1. The van der Waals surface area contributed by atoms with E-state index < -0.39 is 0 Å². The van der Waals surface area contributed by atoms with Crippen molar-refractivity contribution < 1.29 is 9.53 Å². The van der Waals surface area contributed by atoms with Crippen LogP contribution in [0.5, 0.6) is 0 Å². The van der Waals surface area contributed by atoms with Crippen LogP contribution in [0.15, 0.2) is 42.2 Å². The Morgan fingerprint density at radius 3 is 2.73 bits per heavy atom. The molecule has 1 aliphatic rings. The topological polar surface area (TPSA) is 26.3 Å². The third-order valence-electron chi connectivity index (χ3n) is 2.50. The summed E-state index contributed by atoms with van der Waals surface area (Å²) in [5.41, 5.74) is 0.716. The summed E-state index contributed by atoms with van der Waals surface area (Å²) in [6, 6.07) is 9.27. The van der Waals surface area contributed by atoms with Crippen LogP contribution in [0.3, 0.4) is 0 Å². The molecule has 2 rings (SSSR count). The van der Waals surface area contributed by atoms with Crippen molar-refractivity contribution in [2.45, 2.75) is 25.9 Å². The highest BCUT2D eigenvalue weighted by Crippen LogP contribution is 2.22. The molecule has 1 aromatic rings. The van der Waals surface area contributed by atoms with Crippen molar-refractivity contribution in [3.63, 3.8) is 0 Å². The zero-order valence-corrected chi connectivity index (χ0v) is 8.77. The molecular weight excluding hydrogens is 188 g/mol. The molecule has 1 aliphatic heterocycles. The Morgan fingerprint density at radius 1 is 1.40 bits per heavy atom. The number of ether oxygens (including phenoxy) is 1. The van der Waals surface area contributed by atoms with E-state index in [0.29, 0.717) is 5.56 Å². The molecule has 0 spiro atoms. The molecule has 0 aromatic heterocycles. The second kappa shape index (κ2) is 4.30. The Hall–Kier alpha value is -1.57. The maximum atomic E-state index is 11.8. The van der Waals surface area contributed by atoms with Gasteiger partial charge in [0.2, 0.25) is 0 Å². The van der Waals surface area contributed by atoms with Crippen LogP contribution in [0.25, 0.3) is 0 Å². The van der Waals surface area contributed by atoms with Crippen LogP contribution in [-0.4, -0.2) is 11.9 Å². The highest BCUT2D eigenvalue weighted by atomic mass is 16.5. The third kappa shape index (κ3) is 2.46. The van der Waals surface area contributed by atoms with Crippen LogP contribution in [0, 0.1) is 0 Å². The van der Waals surface area contributed by atoms with Crippen LogP contribution in [0.4, 0.5) is 0 Å². The standard InChI is InChI=1S/C13H14O2/c1-10-7-8-12(15-10)9-13(14)11-5-3-2-4-6-11/h2-6,9-10H,7-8H2,1H3/b12-9-. The van der Waals surface area contributed by atoms with E-state index in [1.165, 1.54) is 0 Å². The van der Waals surface area contributed by atoms with Crippen molar-refractivity contribution in [2.75, 3.05) is 0 Å². The lowest BCUT2D eigenvalue weighted by atomic mass is 10.1. The summed E-state index contributed by atoms with van der Waals surface area (Å²) in [5, 5.41) is 0. The minimum atomic E-state index is 0.0275. The lowest BCUT2D eigenvalue weighted by Gasteiger charge is -2.02. The smallest absolute Gasteiger partial charge is 0.189 e. The van der Waals surface area contributed by atoms with Crippen molar-refractivity contribution in [1.29, 1.82) is 0 Å². The molecule has 1 unspecified atom stereocenters. The predicted octanol–water partition coefficient (Wildman–Crippen LogP) is 2.95. The Bertz CT molecular complexity index is 379. The van der Waals surface area contributed by atoms with E-state index in [1.807, 2.05) is 37.3 Å². The molecule has 1 aromatic carbocycles. The Morgan fingerprint density at radius 2 is 2.13 bits per heavy atom. The van der Waals surface area contributed by atoms with E-state index in [9.17, 15) is 4.79 Å². The maximum absolute atomic E-state index is 11.8. The molecule has 1 heterocycles. The van der Waals surface area contributed by atoms with Gasteiger partial charge in [-0.25, -0.2) is 0 Å². The van der Waals surface area contributed by atoms with Crippen molar-refractivity contribution in [3.05, 3.63) is 47.7 Å². The zero-order chi connectivity index (χ0) is 10.7. The summed E-state index contributed by atoms with van der Waals surface area (Å²) in [5.74, 6) is 0.844. The number of hydrogen-bond donors (Lipinski definition) is 0. The molecule has 2 nitrogen and oxygen atoms in total. The van der Waals surface area contributed by atoms with Gasteiger partial charge in [0.05, 0.1) is 6.10 Å². The number of carbonyl (C=O) groups excluding carboxylic acids is 1. The first-order valence-corrected chi connectivity index (χ1v) is 5.22. The Kier molecular flexibility index (Phi) is 2.86. The van der Waals surface area contributed by atoms with Gasteiger partial charge in [-0.3, -0.25) is 4.79 Å². The molecule has 0 N–H and O–H groups in total. The van der Waals surface area contributed by atoms with Gasteiger partial charge < -0.3 is 4.74 Å². The fourth-order valence-electron chi connectivity index (χ4n) is 1.66. The summed E-state index contributed by atoms with van der Waals surface area (Å²) in [6.07, 6.45) is 3.74. The average molecular weight is 202 g/mol. The monoisotopic (exact) mass is 202 g/mol. The van der Waals surface area contributed by atoms with Crippen LogP contribution < -0.4 is 0 Å². The summed E-state index contributed by atoms with van der Waals surface area (Å²) in [4.78, 5) is 11.8. The van der Waals surface area contributed by atoms with E-state index in [0.717, 1.165) is 18.6 Å². The summed E-state index contributed by atoms with van der Waals surface area (Å²) >= 11 is 0. The quantitative estimate of drug-likeness (QED) is 0.544. The number of carbonyl (C=O) groups is 1. The molecule has 1 atom stereocenters. The minimum absolute atomic E-state index is 0.0275. The van der Waals surface area contributed by atoms with Crippen LogP contribution >= 0.6 is 0 Å². The number of ketones is 1. The van der Waals surface area contributed by atoms with Gasteiger partial charge >= 0.3 is 0 Å². The fraction of sp³-hybridized carbons (Fsp3) is 0.308. The van der Waals surface area contributed by atoms with Crippen LogP contribution in [0.1, 0.15) is 30.1 Å². The maximum Gasteiger partial charge on any atom is 0.189 e. The second-order valence-corrected chi connectivity index (χ2v) is 3.81. The molecule has 1 fully saturated rings. The van der Waals surface area contributed by atoms with E-state index in [2.05, 4.69) is 0 Å². The summed E-state index contributed by atoms with van der Waals surface area (Å²) in [6.45, 7) is 2.02. The first kappa shape index (κ1) is 9.97. The number of allylic oxidation sites excluding steroid dienone is 2. The predicted molar refractivity (Wildman–Crippen MR) is 58.6 cm³/mol. The molecule has 0 bridgehead atoms. The summed E-state index contributed by atoms with van der Waals surface area (Å²) < 4.78 is 5.49. The van der Waals surface area contributed by atoms with Crippen molar-refractivity contribution in [1.82, 2.24) is 0 Å². The van der Waals surface area contributed by atoms with Gasteiger partial charge in [-0.1, -0.05) is 30.3 Å². The normalized spacial score (nSPS) is 22.7. The number of rotatable bonds is 2. The van der Waals surface area contributed by atoms with Gasteiger partial charge in [0.1, 0.15) is 5.76 Å². The molecule has 15 heavy (non-hydrogen) atoms. The Labute approximate surface area is 89.6 Å². The van der Waals surface area contributed by atoms with Crippen molar-refractivity contribution in [3.8, 4) is 0 Å². The second-order valence-electron chi connectivity index (χ2n) is 3.81. The van der Waals surface area contributed by atoms with Gasteiger partial charge in [0.25, 0.3) is 0 Å². The average Bonchev–Trinajstić information content (AvgIpc) is 2.65. The van der Waals surface area contributed by atoms with Crippen molar-refractivity contribution >= 4 is 5.78 Å². The molecule has 2 heteroatoms. The van der Waals surface area contributed by atoms with Gasteiger partial charge in [0.15, 0.2) is 5.78 Å². The number of hydrogen-bond acceptors (Lipinski definition) is 2. The van der Waals surface area contributed by atoms with Gasteiger partial charge in [-0.05, 0) is 13.3 Å². The lowest BCUT2D eigenvalue weighted by Crippen LogP contribution is -1.98. The largest absolute Gasteiger partial charge is 0.495 e. The SMILES string of the molecule is CC1CC/C(=C/C(=O)c2ccccc2)O1. The van der Waals surface area contributed by atoms with Gasteiger partial charge in [0, 0.05) is 18.1 Å². The molecule has 78 valence electrons. The first-order valence-electron chi connectivity index (χ1n) is 5.22. The highest BCUT2D eigenvalue weighted by molar-refractivity contribution is 6.04. The molecule has 0 saturated carbocycles. The fourth-order valence-corrected chi connectivity index (χ4v) is 1.66. The molecule has 0 aliphatic carbocycles. The van der Waals surface area contributed by atoms with E-state index in [1.54, 1.807) is 6.08 Å². The van der Waals surface area contributed by atoms with Crippen LogP contribution in [0.2, 0.25) is 0 Å². The Balaban J connectivity index is 2.10. The third-order valence-corrected chi connectivity index (χ3v) is 2.50. The molecule has 0 amide bonds. The van der Waals surface area contributed by atoms with Crippen LogP contribution in [-0.2, 0) is 4.74 Å². The first-order chi connectivity index (χ1) is 7.25. The van der Waals surface area contributed by atoms with E-state index >= 15 is 0 Å². The lowest BCUT2D eigenvalue weighted by molar-refractivity contribution is 0.103. The van der Waals surface area contributed by atoms with Gasteiger partial charge in [-0.2, -0.15) is 0 Å². The molecule has 0 radical (unpaired) electrons. The molecule has 1 saturated heterocycles. The van der Waals surface area contributed by atoms with Gasteiger partial charge in [-0.15, -0.1) is 0 Å². The van der Waals surface area contributed by atoms with E-state index in [-0.39, 0.29) is 11.9 Å². The van der Waals surface area contributed by atoms with Crippen molar-refractivity contribution in [2.24, 2.45) is 0 Å². The highest BCUT2D eigenvalue weighted by Gasteiger charge is 2.16. The zero-order valence-electron chi connectivity index (χ0n) is 8.77. The summed E-state index contributed by atoms with van der Waals surface area (Å²) in [7, 11) is 0. The molecular formula is C13H14O2. The van der Waals surface area contributed by atoms with E-state index in [4.69, 9.17) is 4.74 Å². The minimum Gasteiger partial charge on any atom is -0.495 e.